The normalized spacial score (nSPS) is 13.3. The summed E-state index contributed by atoms with van der Waals surface area (Å²) in [6.45, 7) is 0.683. The van der Waals surface area contributed by atoms with Crippen LogP contribution in [-0.4, -0.2) is 46.3 Å². The molecular formula is C20H21F2N5O3S. The molecule has 11 heteroatoms. The molecule has 0 fully saturated rings. The van der Waals surface area contributed by atoms with E-state index in [2.05, 4.69) is 36.9 Å². The van der Waals surface area contributed by atoms with Gasteiger partial charge in [-0.15, -0.1) is 0 Å². The predicted octanol–water partition coefficient (Wildman–Crippen LogP) is 3.63. The number of nitrogens with zero attached hydrogens (tertiary/aromatic N) is 4. The van der Waals surface area contributed by atoms with Gasteiger partial charge in [-0.25, -0.2) is 15.0 Å². The lowest BCUT2D eigenvalue weighted by Gasteiger charge is -2.22. The first-order valence-corrected chi connectivity index (χ1v) is 9.31. The van der Waals surface area contributed by atoms with Gasteiger partial charge in [-0.05, 0) is 12.1 Å². The summed E-state index contributed by atoms with van der Waals surface area (Å²) >= 11 is 0. The van der Waals surface area contributed by atoms with Crippen molar-refractivity contribution in [3.8, 4) is 28.6 Å². The summed E-state index contributed by atoms with van der Waals surface area (Å²) in [4.78, 5) is 16.5. The van der Waals surface area contributed by atoms with E-state index < -0.39 is 6.61 Å². The maximum Gasteiger partial charge on any atom is 0.387 e. The molecule has 0 aliphatic carbocycles. The maximum atomic E-state index is 12.4. The molecule has 1 aliphatic rings. The van der Waals surface area contributed by atoms with Crippen molar-refractivity contribution < 1.29 is 23.0 Å². The fraction of sp³-hybridized carbons (Fsp3) is 0.300. The van der Waals surface area contributed by atoms with Gasteiger partial charge in [-0.2, -0.15) is 22.3 Å². The monoisotopic (exact) mass is 449 g/mol. The average molecular weight is 449 g/mol. The smallest absolute Gasteiger partial charge is 0.387 e. The van der Waals surface area contributed by atoms with E-state index in [0.717, 1.165) is 5.56 Å². The Balaban J connectivity index is 0.00000272. The quantitative estimate of drug-likeness (QED) is 0.585. The van der Waals surface area contributed by atoms with E-state index in [1.54, 1.807) is 12.3 Å². The van der Waals surface area contributed by atoms with Crippen LogP contribution in [0.25, 0.3) is 11.3 Å². The first-order chi connectivity index (χ1) is 14.6. The number of nitrogens with one attached hydrogen (secondary N) is 1. The number of alkyl halides is 2. The standard InChI is InChI=1S/C20H19F2N5O3.H2S/c1-12(15-2-3-24-19-18(15)28-4-5-29-19)8-25-17-7-16(26-11-27-17)13-6-14(10-23-9-13)30-20(21)22;/h2-3,6-7,9-12,20H,4-5,8H2,1H3,(H,25,26,27);1H2/t12-;/m1./s1. The van der Waals surface area contributed by atoms with Gasteiger partial charge in [-0.3, -0.25) is 4.98 Å². The Morgan fingerprint density at radius 3 is 2.81 bits per heavy atom. The summed E-state index contributed by atoms with van der Waals surface area (Å²) in [6.07, 6.45) is 5.84. The zero-order valence-corrected chi connectivity index (χ0v) is 17.6. The fourth-order valence-electron chi connectivity index (χ4n) is 3.07. The summed E-state index contributed by atoms with van der Waals surface area (Å²) < 4.78 is 40.5. The minimum atomic E-state index is -2.92. The summed E-state index contributed by atoms with van der Waals surface area (Å²) in [7, 11) is 0. The highest BCUT2D eigenvalue weighted by Crippen LogP contribution is 2.35. The molecule has 4 rings (SSSR count). The van der Waals surface area contributed by atoms with Crippen LogP contribution in [0.15, 0.2) is 43.1 Å². The maximum absolute atomic E-state index is 12.4. The van der Waals surface area contributed by atoms with Gasteiger partial charge in [0.25, 0.3) is 5.88 Å². The number of ether oxygens (including phenoxy) is 3. The molecular weight excluding hydrogens is 428 g/mol. The highest BCUT2D eigenvalue weighted by atomic mass is 32.1. The van der Waals surface area contributed by atoms with Crippen molar-refractivity contribution in [1.29, 1.82) is 0 Å². The minimum Gasteiger partial charge on any atom is -0.484 e. The molecule has 0 saturated heterocycles. The fourth-order valence-corrected chi connectivity index (χ4v) is 3.07. The second-order valence-corrected chi connectivity index (χ2v) is 6.59. The van der Waals surface area contributed by atoms with Crippen molar-refractivity contribution in [3.63, 3.8) is 0 Å². The Labute approximate surface area is 184 Å². The van der Waals surface area contributed by atoms with Gasteiger partial charge in [-0.1, -0.05) is 6.92 Å². The van der Waals surface area contributed by atoms with E-state index in [0.29, 0.717) is 48.5 Å². The van der Waals surface area contributed by atoms with Crippen molar-refractivity contribution in [2.24, 2.45) is 0 Å². The Hall–Kier alpha value is -3.21. The molecule has 0 saturated carbocycles. The van der Waals surface area contributed by atoms with Crippen LogP contribution in [0, 0.1) is 0 Å². The first kappa shape index (κ1) is 22.5. The van der Waals surface area contributed by atoms with E-state index in [9.17, 15) is 8.78 Å². The SMILES string of the molecule is C[C@H](CNc1cc(-c2cncc(OC(F)F)c2)ncn1)c1ccnc2c1OCCO2.S. The number of rotatable bonds is 7. The molecule has 0 spiro atoms. The van der Waals surface area contributed by atoms with Crippen molar-refractivity contribution in [2.75, 3.05) is 25.1 Å². The molecule has 1 atom stereocenters. The van der Waals surface area contributed by atoms with Crippen LogP contribution < -0.4 is 19.5 Å². The van der Waals surface area contributed by atoms with Crippen LogP contribution in [0.5, 0.6) is 17.4 Å². The van der Waals surface area contributed by atoms with Gasteiger partial charge < -0.3 is 19.5 Å². The molecule has 0 bridgehead atoms. The molecule has 164 valence electrons. The van der Waals surface area contributed by atoms with Gasteiger partial charge in [0.05, 0.1) is 11.9 Å². The Morgan fingerprint density at radius 2 is 1.97 bits per heavy atom. The topological polar surface area (TPSA) is 91.3 Å². The third kappa shape index (κ3) is 5.48. The van der Waals surface area contributed by atoms with E-state index in [1.807, 2.05) is 6.07 Å². The largest absolute Gasteiger partial charge is 0.484 e. The van der Waals surface area contributed by atoms with Crippen LogP contribution in [0.4, 0.5) is 14.6 Å². The zero-order valence-electron chi connectivity index (χ0n) is 16.6. The highest BCUT2D eigenvalue weighted by Gasteiger charge is 2.20. The molecule has 3 aromatic heterocycles. The number of anilines is 1. The lowest BCUT2D eigenvalue weighted by molar-refractivity contribution is -0.0500. The number of hydrogen-bond acceptors (Lipinski definition) is 8. The first-order valence-electron chi connectivity index (χ1n) is 9.31. The lowest BCUT2D eigenvalue weighted by Crippen LogP contribution is -2.19. The lowest BCUT2D eigenvalue weighted by atomic mass is 10.0. The summed E-state index contributed by atoms with van der Waals surface area (Å²) in [5, 5.41) is 3.27. The van der Waals surface area contributed by atoms with Crippen LogP contribution in [0.1, 0.15) is 18.4 Å². The van der Waals surface area contributed by atoms with Crippen molar-refractivity contribution in [2.45, 2.75) is 19.5 Å². The van der Waals surface area contributed by atoms with E-state index in [1.165, 1.54) is 24.8 Å². The molecule has 1 aliphatic heterocycles. The predicted molar refractivity (Wildman–Crippen MR) is 114 cm³/mol. The number of aromatic nitrogens is 4. The van der Waals surface area contributed by atoms with Crippen LogP contribution in [0.2, 0.25) is 0 Å². The molecule has 4 heterocycles. The third-order valence-corrected chi connectivity index (χ3v) is 4.49. The number of pyridine rings is 2. The van der Waals surface area contributed by atoms with Crippen molar-refractivity contribution in [3.05, 3.63) is 48.7 Å². The Morgan fingerprint density at radius 1 is 1.13 bits per heavy atom. The van der Waals surface area contributed by atoms with Gasteiger partial charge in [0.1, 0.15) is 31.1 Å². The molecule has 3 aromatic rings. The summed E-state index contributed by atoms with van der Waals surface area (Å²) in [5.74, 6) is 1.82. The summed E-state index contributed by atoms with van der Waals surface area (Å²) in [5.41, 5.74) is 2.06. The second-order valence-electron chi connectivity index (χ2n) is 6.59. The molecule has 0 amide bonds. The van der Waals surface area contributed by atoms with Crippen LogP contribution >= 0.6 is 13.5 Å². The average Bonchev–Trinajstić information content (AvgIpc) is 2.77. The van der Waals surface area contributed by atoms with E-state index >= 15 is 0 Å². The second kappa shape index (κ2) is 10.2. The van der Waals surface area contributed by atoms with Gasteiger partial charge in [0.2, 0.25) is 0 Å². The minimum absolute atomic E-state index is 0. The zero-order chi connectivity index (χ0) is 20.9. The van der Waals surface area contributed by atoms with E-state index in [4.69, 9.17) is 9.47 Å². The van der Waals surface area contributed by atoms with Gasteiger partial charge in [0.15, 0.2) is 5.75 Å². The molecule has 8 nitrogen and oxygen atoms in total. The van der Waals surface area contributed by atoms with Crippen LogP contribution in [0.3, 0.4) is 0 Å². The molecule has 31 heavy (non-hydrogen) atoms. The molecule has 0 unspecified atom stereocenters. The Kier molecular flexibility index (Phi) is 7.40. The number of halogens is 2. The van der Waals surface area contributed by atoms with Gasteiger partial charge in [0, 0.05) is 42.0 Å². The molecule has 1 N–H and O–H groups in total. The number of hydrogen-bond donors (Lipinski definition) is 1. The van der Waals surface area contributed by atoms with Crippen molar-refractivity contribution in [1.82, 2.24) is 19.9 Å². The highest BCUT2D eigenvalue weighted by molar-refractivity contribution is 7.59. The van der Waals surface area contributed by atoms with E-state index in [-0.39, 0.29) is 25.2 Å². The van der Waals surface area contributed by atoms with Crippen molar-refractivity contribution >= 4 is 19.3 Å². The molecule has 0 aromatic carbocycles. The van der Waals surface area contributed by atoms with Crippen LogP contribution in [-0.2, 0) is 0 Å². The molecule has 0 radical (unpaired) electrons. The summed E-state index contributed by atoms with van der Waals surface area (Å²) in [6, 6.07) is 5.08. The number of fused-ring (bicyclic) bond motifs is 1. The third-order valence-electron chi connectivity index (χ3n) is 4.49. The van der Waals surface area contributed by atoms with Gasteiger partial charge >= 0.3 is 6.61 Å². The Bertz CT molecular complexity index is 1030.